The Hall–Kier alpha value is -0.820. The number of piperidine rings is 1. The van der Waals surface area contributed by atoms with Crippen LogP contribution < -0.4 is 11.1 Å². The molecule has 0 saturated carbocycles. The number of guanidine groups is 1. The van der Waals surface area contributed by atoms with Gasteiger partial charge in [-0.05, 0) is 63.1 Å². The monoisotopic (exact) mass is 458 g/mol. The van der Waals surface area contributed by atoms with E-state index in [0.29, 0.717) is 17.9 Å². The van der Waals surface area contributed by atoms with Gasteiger partial charge >= 0.3 is 0 Å². The smallest absolute Gasteiger partial charge is 0.193 e. The molecule has 2 rings (SSSR count). The van der Waals surface area contributed by atoms with Crippen molar-refractivity contribution in [1.29, 1.82) is 0 Å². The van der Waals surface area contributed by atoms with Gasteiger partial charge in [-0.1, -0.05) is 32.0 Å². The Kier molecular flexibility index (Phi) is 9.79. The van der Waals surface area contributed by atoms with E-state index in [1.165, 1.54) is 30.5 Å². The first-order valence-electron chi connectivity index (χ1n) is 9.46. The lowest BCUT2D eigenvalue weighted by molar-refractivity contribution is 0.143. The number of halogens is 1. The maximum atomic E-state index is 6.19. The molecular formula is C20H35IN4. The second-order valence-corrected chi connectivity index (χ2v) is 7.11. The van der Waals surface area contributed by atoms with E-state index in [9.17, 15) is 0 Å². The van der Waals surface area contributed by atoms with Crippen LogP contribution in [0.25, 0.3) is 0 Å². The fourth-order valence-electron chi connectivity index (χ4n) is 3.51. The number of hydrogen-bond acceptors (Lipinski definition) is 2. The van der Waals surface area contributed by atoms with Gasteiger partial charge in [0.25, 0.3) is 0 Å². The summed E-state index contributed by atoms with van der Waals surface area (Å²) < 4.78 is 0. The van der Waals surface area contributed by atoms with E-state index in [2.05, 4.69) is 61.1 Å². The molecule has 3 N–H and O–H groups in total. The summed E-state index contributed by atoms with van der Waals surface area (Å²) in [5, 5.41) is 3.37. The zero-order chi connectivity index (χ0) is 17.5. The SMILES string of the molecule is CCc1cccc(CC)c1NC(N)=NCC1CCCN(C(C)C)C1.I. The van der Waals surface area contributed by atoms with Gasteiger partial charge in [0, 0.05) is 24.8 Å². The minimum absolute atomic E-state index is 0. The van der Waals surface area contributed by atoms with Crippen LogP contribution in [0.4, 0.5) is 5.69 Å². The minimum Gasteiger partial charge on any atom is -0.370 e. The molecule has 0 amide bonds. The molecule has 1 aromatic carbocycles. The predicted molar refractivity (Wildman–Crippen MR) is 120 cm³/mol. The number of hydrogen-bond donors (Lipinski definition) is 2. The molecule has 1 heterocycles. The lowest BCUT2D eigenvalue weighted by Crippen LogP contribution is -2.41. The summed E-state index contributed by atoms with van der Waals surface area (Å²) in [5.74, 6) is 1.17. The number of likely N-dealkylation sites (tertiary alicyclic amines) is 1. The molecule has 1 fully saturated rings. The maximum absolute atomic E-state index is 6.19. The fraction of sp³-hybridized carbons (Fsp3) is 0.650. The number of rotatable bonds is 6. The highest BCUT2D eigenvalue weighted by molar-refractivity contribution is 14.0. The van der Waals surface area contributed by atoms with E-state index >= 15 is 0 Å². The van der Waals surface area contributed by atoms with Gasteiger partial charge in [-0.3, -0.25) is 4.99 Å². The van der Waals surface area contributed by atoms with E-state index in [0.717, 1.165) is 31.6 Å². The van der Waals surface area contributed by atoms with Crippen LogP contribution in [0.2, 0.25) is 0 Å². The van der Waals surface area contributed by atoms with Crippen LogP contribution in [0.5, 0.6) is 0 Å². The summed E-state index contributed by atoms with van der Waals surface area (Å²) in [4.78, 5) is 7.19. The van der Waals surface area contributed by atoms with Crippen LogP contribution in [-0.4, -0.2) is 36.5 Å². The number of aryl methyl sites for hydroxylation is 2. The Morgan fingerprint density at radius 2 is 1.92 bits per heavy atom. The molecule has 1 aromatic rings. The maximum Gasteiger partial charge on any atom is 0.193 e. The Morgan fingerprint density at radius 1 is 1.28 bits per heavy atom. The Morgan fingerprint density at radius 3 is 2.48 bits per heavy atom. The summed E-state index contributed by atoms with van der Waals surface area (Å²) in [6.45, 7) is 12.1. The minimum atomic E-state index is 0. The first-order chi connectivity index (χ1) is 11.5. The molecule has 0 aliphatic carbocycles. The third-order valence-corrected chi connectivity index (χ3v) is 5.05. The van der Waals surface area contributed by atoms with E-state index in [-0.39, 0.29) is 24.0 Å². The molecule has 0 bridgehead atoms. The summed E-state index contributed by atoms with van der Waals surface area (Å²) in [6, 6.07) is 7.07. The van der Waals surface area contributed by atoms with Crippen molar-refractivity contribution in [2.75, 3.05) is 25.0 Å². The third-order valence-electron chi connectivity index (χ3n) is 5.05. The van der Waals surface area contributed by atoms with Crippen LogP contribution in [0.15, 0.2) is 23.2 Å². The van der Waals surface area contributed by atoms with Gasteiger partial charge in [0.1, 0.15) is 0 Å². The van der Waals surface area contributed by atoms with Crippen molar-refractivity contribution in [1.82, 2.24) is 4.90 Å². The summed E-state index contributed by atoms with van der Waals surface area (Å²) >= 11 is 0. The average Bonchev–Trinajstić information content (AvgIpc) is 2.60. The number of nitrogens with zero attached hydrogens (tertiary/aromatic N) is 2. The standard InChI is InChI=1S/C20H34N4.HI/c1-5-17-10-7-11-18(6-2)19(17)23-20(21)22-13-16-9-8-12-24(14-16)15(3)4;/h7,10-11,15-16H,5-6,8-9,12-14H2,1-4H3,(H3,21,22,23);1H. The normalized spacial score (nSPS) is 18.9. The third kappa shape index (κ3) is 6.44. The van der Waals surface area contributed by atoms with Crippen molar-refractivity contribution in [3.63, 3.8) is 0 Å². The molecule has 1 saturated heterocycles. The molecule has 25 heavy (non-hydrogen) atoms. The van der Waals surface area contributed by atoms with Crippen molar-refractivity contribution in [2.24, 2.45) is 16.6 Å². The number of benzene rings is 1. The summed E-state index contributed by atoms with van der Waals surface area (Å²) in [6.07, 6.45) is 4.51. The molecule has 0 radical (unpaired) electrons. The predicted octanol–water partition coefficient (Wildman–Crippen LogP) is 4.28. The Labute approximate surface area is 170 Å². The fourth-order valence-corrected chi connectivity index (χ4v) is 3.51. The highest BCUT2D eigenvalue weighted by Gasteiger charge is 2.21. The second-order valence-electron chi connectivity index (χ2n) is 7.11. The van der Waals surface area contributed by atoms with E-state index < -0.39 is 0 Å². The average molecular weight is 458 g/mol. The molecule has 142 valence electrons. The Balaban J connectivity index is 0.00000312. The van der Waals surface area contributed by atoms with Crippen molar-refractivity contribution in [3.8, 4) is 0 Å². The van der Waals surface area contributed by atoms with Crippen molar-refractivity contribution < 1.29 is 0 Å². The molecule has 1 aliphatic rings. The van der Waals surface area contributed by atoms with Crippen LogP contribution >= 0.6 is 24.0 Å². The van der Waals surface area contributed by atoms with Crippen LogP contribution in [-0.2, 0) is 12.8 Å². The molecule has 0 spiro atoms. The van der Waals surface area contributed by atoms with Gasteiger partial charge in [0.15, 0.2) is 5.96 Å². The van der Waals surface area contributed by atoms with Crippen LogP contribution in [0.1, 0.15) is 51.7 Å². The van der Waals surface area contributed by atoms with Crippen LogP contribution in [0, 0.1) is 5.92 Å². The zero-order valence-corrected chi connectivity index (χ0v) is 18.5. The highest BCUT2D eigenvalue weighted by atomic mass is 127. The van der Waals surface area contributed by atoms with Crippen LogP contribution in [0.3, 0.4) is 0 Å². The summed E-state index contributed by atoms with van der Waals surface area (Å²) in [7, 11) is 0. The number of aliphatic imine (C=N–C) groups is 1. The second kappa shape index (κ2) is 11.0. The molecule has 0 aromatic heterocycles. The first-order valence-corrected chi connectivity index (χ1v) is 9.46. The summed E-state index contributed by atoms with van der Waals surface area (Å²) in [5.41, 5.74) is 9.94. The van der Waals surface area contributed by atoms with Gasteiger partial charge in [-0.15, -0.1) is 24.0 Å². The van der Waals surface area contributed by atoms with Gasteiger partial charge < -0.3 is 16.0 Å². The van der Waals surface area contributed by atoms with Gasteiger partial charge in [-0.25, -0.2) is 0 Å². The van der Waals surface area contributed by atoms with Gasteiger partial charge in [0.2, 0.25) is 0 Å². The number of nitrogens with two attached hydrogens (primary N) is 1. The first kappa shape index (κ1) is 22.2. The van der Waals surface area contributed by atoms with E-state index in [1.807, 2.05) is 0 Å². The largest absolute Gasteiger partial charge is 0.370 e. The molecule has 1 aliphatic heterocycles. The molecule has 4 nitrogen and oxygen atoms in total. The molecular weight excluding hydrogens is 423 g/mol. The quantitative estimate of drug-likeness (QED) is 0.380. The van der Waals surface area contributed by atoms with Crippen molar-refractivity contribution in [3.05, 3.63) is 29.3 Å². The molecule has 1 unspecified atom stereocenters. The lowest BCUT2D eigenvalue weighted by Gasteiger charge is -2.34. The lowest BCUT2D eigenvalue weighted by atomic mass is 9.97. The van der Waals surface area contributed by atoms with Crippen molar-refractivity contribution >= 4 is 35.6 Å². The molecule has 1 atom stereocenters. The van der Waals surface area contributed by atoms with Gasteiger partial charge in [-0.2, -0.15) is 0 Å². The number of anilines is 1. The zero-order valence-electron chi connectivity index (χ0n) is 16.2. The van der Waals surface area contributed by atoms with E-state index in [4.69, 9.17) is 5.73 Å². The Bertz CT molecular complexity index is 534. The van der Waals surface area contributed by atoms with Gasteiger partial charge in [0.05, 0.1) is 0 Å². The number of para-hydroxylation sites is 1. The number of nitrogens with one attached hydrogen (secondary N) is 1. The van der Waals surface area contributed by atoms with E-state index in [1.54, 1.807) is 0 Å². The van der Waals surface area contributed by atoms with Crippen molar-refractivity contribution in [2.45, 2.75) is 59.4 Å². The highest BCUT2D eigenvalue weighted by Crippen LogP contribution is 2.22. The topological polar surface area (TPSA) is 53.6 Å². The molecule has 5 heteroatoms.